The zero-order valence-electron chi connectivity index (χ0n) is 11.1. The van der Waals surface area contributed by atoms with Crippen LogP contribution < -0.4 is 10.4 Å². The number of halogens is 1. The number of hydrogen-bond donors (Lipinski definition) is 1. The summed E-state index contributed by atoms with van der Waals surface area (Å²) < 4.78 is 7.15. The summed E-state index contributed by atoms with van der Waals surface area (Å²) in [6.07, 6.45) is 0. The Labute approximate surface area is 116 Å². The van der Waals surface area contributed by atoms with E-state index in [2.05, 4.69) is 24.0 Å². The van der Waals surface area contributed by atoms with Crippen LogP contribution in [0.4, 0.5) is 0 Å². The van der Waals surface area contributed by atoms with Gasteiger partial charge in [0.15, 0.2) is 5.82 Å². The van der Waals surface area contributed by atoms with E-state index in [0.717, 1.165) is 11.3 Å². The normalized spacial score (nSPS) is 11.0. The number of hydrogen-bond acceptors (Lipinski definition) is 3. The highest BCUT2D eigenvalue weighted by Crippen LogP contribution is 2.29. The van der Waals surface area contributed by atoms with Gasteiger partial charge in [0, 0.05) is 12.1 Å². The molecule has 1 heterocycles. The Kier molecular flexibility index (Phi) is 3.95. The Morgan fingerprint density at radius 2 is 2.21 bits per heavy atom. The number of nitrogens with zero attached hydrogens (tertiary/aromatic N) is 2. The van der Waals surface area contributed by atoms with E-state index in [9.17, 15) is 4.79 Å². The fraction of sp³-hybridized carbons (Fsp3) is 0.385. The van der Waals surface area contributed by atoms with Crippen molar-refractivity contribution in [2.75, 3.05) is 0 Å². The lowest BCUT2D eigenvalue weighted by Crippen LogP contribution is -2.15. The zero-order chi connectivity index (χ0) is 14.0. The van der Waals surface area contributed by atoms with Crippen LogP contribution in [0.15, 0.2) is 23.0 Å². The lowest BCUT2D eigenvalue weighted by atomic mass is 10.0. The first-order valence-electron chi connectivity index (χ1n) is 6.01. The van der Waals surface area contributed by atoms with Gasteiger partial charge in [-0.05, 0) is 29.7 Å². The van der Waals surface area contributed by atoms with Crippen LogP contribution in [0.25, 0.3) is 0 Å². The van der Waals surface area contributed by atoms with Gasteiger partial charge in [-0.25, -0.2) is 9.89 Å². The smallest absolute Gasteiger partial charge is 0.343 e. The molecule has 0 saturated heterocycles. The van der Waals surface area contributed by atoms with E-state index in [4.69, 9.17) is 16.3 Å². The molecule has 0 aliphatic carbocycles. The summed E-state index contributed by atoms with van der Waals surface area (Å²) in [6, 6.07) is 5.51. The van der Waals surface area contributed by atoms with Gasteiger partial charge in [0.05, 0.1) is 0 Å². The third-order valence-electron chi connectivity index (χ3n) is 2.92. The van der Waals surface area contributed by atoms with E-state index < -0.39 is 0 Å². The third-order valence-corrected chi connectivity index (χ3v) is 3.16. The Morgan fingerprint density at radius 3 is 2.79 bits per heavy atom. The summed E-state index contributed by atoms with van der Waals surface area (Å²) in [6.45, 7) is 4.38. The molecular formula is C13H16ClN3O2. The van der Waals surface area contributed by atoms with Crippen molar-refractivity contribution in [2.24, 2.45) is 7.05 Å². The van der Waals surface area contributed by atoms with Crippen LogP contribution in [-0.2, 0) is 13.7 Å². The van der Waals surface area contributed by atoms with Gasteiger partial charge in [0.1, 0.15) is 12.4 Å². The van der Waals surface area contributed by atoms with Crippen LogP contribution in [0.2, 0.25) is 5.02 Å². The van der Waals surface area contributed by atoms with E-state index in [1.165, 1.54) is 4.57 Å². The second-order valence-corrected chi connectivity index (χ2v) is 5.07. The highest BCUT2D eigenvalue weighted by atomic mass is 35.5. The second-order valence-electron chi connectivity index (χ2n) is 4.63. The fourth-order valence-corrected chi connectivity index (χ4v) is 1.93. The van der Waals surface area contributed by atoms with Crippen LogP contribution >= 0.6 is 11.6 Å². The molecule has 0 unspecified atom stereocenters. The van der Waals surface area contributed by atoms with Gasteiger partial charge in [0.2, 0.25) is 0 Å². The van der Waals surface area contributed by atoms with Gasteiger partial charge in [-0.2, -0.15) is 5.10 Å². The maximum Gasteiger partial charge on any atom is 0.343 e. The monoisotopic (exact) mass is 281 g/mol. The number of nitrogens with one attached hydrogen (secondary N) is 1. The molecule has 0 bridgehead atoms. The first-order valence-corrected chi connectivity index (χ1v) is 6.39. The van der Waals surface area contributed by atoms with Crippen molar-refractivity contribution in [3.63, 3.8) is 0 Å². The molecular weight excluding hydrogens is 266 g/mol. The van der Waals surface area contributed by atoms with E-state index in [0.29, 0.717) is 16.8 Å². The molecule has 1 aromatic carbocycles. The van der Waals surface area contributed by atoms with Gasteiger partial charge < -0.3 is 4.74 Å². The average molecular weight is 282 g/mol. The van der Waals surface area contributed by atoms with Crippen molar-refractivity contribution in [2.45, 2.75) is 26.4 Å². The highest BCUT2D eigenvalue weighted by Gasteiger charge is 2.11. The van der Waals surface area contributed by atoms with Gasteiger partial charge in [-0.3, -0.25) is 4.57 Å². The summed E-state index contributed by atoms with van der Waals surface area (Å²) in [4.78, 5) is 11.2. The van der Waals surface area contributed by atoms with Crippen molar-refractivity contribution in [3.8, 4) is 5.75 Å². The number of aromatic nitrogens is 3. The van der Waals surface area contributed by atoms with E-state index in [1.807, 2.05) is 12.1 Å². The van der Waals surface area contributed by atoms with Gasteiger partial charge in [-0.1, -0.05) is 25.4 Å². The summed E-state index contributed by atoms with van der Waals surface area (Å²) in [5.74, 6) is 1.61. The molecule has 1 aromatic heterocycles. The van der Waals surface area contributed by atoms with Gasteiger partial charge in [-0.15, -0.1) is 0 Å². The molecule has 0 amide bonds. The molecule has 0 fully saturated rings. The predicted octanol–water partition coefficient (Wildman–Crippen LogP) is 2.46. The molecule has 0 spiro atoms. The minimum Gasteiger partial charge on any atom is -0.485 e. The maximum atomic E-state index is 11.2. The van der Waals surface area contributed by atoms with Crippen molar-refractivity contribution < 1.29 is 4.74 Å². The molecule has 0 radical (unpaired) electrons. The topological polar surface area (TPSA) is 59.9 Å². The quantitative estimate of drug-likeness (QED) is 0.936. The fourth-order valence-electron chi connectivity index (χ4n) is 1.75. The van der Waals surface area contributed by atoms with Crippen LogP contribution in [0.1, 0.15) is 31.2 Å². The summed E-state index contributed by atoms with van der Waals surface area (Å²) >= 11 is 5.99. The highest BCUT2D eigenvalue weighted by molar-refractivity contribution is 6.30. The van der Waals surface area contributed by atoms with E-state index in [-0.39, 0.29) is 12.3 Å². The predicted molar refractivity (Wildman–Crippen MR) is 73.7 cm³/mol. The number of benzene rings is 1. The molecule has 5 nitrogen and oxygen atoms in total. The zero-order valence-corrected chi connectivity index (χ0v) is 11.9. The van der Waals surface area contributed by atoms with Crippen molar-refractivity contribution >= 4 is 11.6 Å². The standard InChI is InChI=1S/C13H16ClN3O2/c1-8(2)10-6-9(14)4-5-11(10)19-7-12-15-16-13(18)17(12)3/h4-6,8H,7H2,1-3H3,(H,16,18). The molecule has 0 aliphatic rings. The van der Waals surface area contributed by atoms with Crippen molar-refractivity contribution in [3.05, 3.63) is 45.1 Å². The van der Waals surface area contributed by atoms with Gasteiger partial charge >= 0.3 is 5.69 Å². The molecule has 1 N–H and O–H groups in total. The summed E-state index contributed by atoms with van der Waals surface area (Å²) in [7, 11) is 1.65. The number of aromatic amines is 1. The molecule has 2 rings (SSSR count). The van der Waals surface area contributed by atoms with Crippen molar-refractivity contribution in [1.82, 2.24) is 14.8 Å². The minimum atomic E-state index is -0.251. The third kappa shape index (κ3) is 2.98. The molecule has 0 atom stereocenters. The molecule has 0 saturated carbocycles. The van der Waals surface area contributed by atoms with Crippen LogP contribution in [0.5, 0.6) is 5.75 Å². The van der Waals surface area contributed by atoms with Gasteiger partial charge in [0.25, 0.3) is 0 Å². The SMILES string of the molecule is CC(C)c1cc(Cl)ccc1OCc1n[nH]c(=O)n1C. The molecule has 102 valence electrons. The molecule has 2 aromatic rings. The minimum absolute atomic E-state index is 0.233. The molecule has 0 aliphatic heterocycles. The Bertz CT molecular complexity index is 631. The largest absolute Gasteiger partial charge is 0.485 e. The average Bonchev–Trinajstić information content (AvgIpc) is 2.68. The van der Waals surface area contributed by atoms with Crippen molar-refractivity contribution in [1.29, 1.82) is 0 Å². The second kappa shape index (κ2) is 5.48. The lowest BCUT2D eigenvalue weighted by Gasteiger charge is -2.14. The van der Waals surface area contributed by atoms with Crippen LogP contribution in [0, 0.1) is 0 Å². The molecule has 6 heteroatoms. The lowest BCUT2D eigenvalue weighted by molar-refractivity contribution is 0.287. The first kappa shape index (κ1) is 13.7. The number of ether oxygens (including phenoxy) is 1. The molecule has 19 heavy (non-hydrogen) atoms. The Balaban J connectivity index is 2.20. The summed E-state index contributed by atoms with van der Waals surface area (Å²) in [5, 5.41) is 6.96. The number of H-pyrrole nitrogens is 1. The Morgan fingerprint density at radius 1 is 1.47 bits per heavy atom. The van der Waals surface area contributed by atoms with E-state index in [1.54, 1.807) is 13.1 Å². The number of rotatable bonds is 4. The van der Waals surface area contributed by atoms with E-state index >= 15 is 0 Å². The van der Waals surface area contributed by atoms with Crippen LogP contribution in [-0.4, -0.2) is 14.8 Å². The summed E-state index contributed by atoms with van der Waals surface area (Å²) in [5.41, 5.74) is 0.784. The van der Waals surface area contributed by atoms with Crippen LogP contribution in [0.3, 0.4) is 0 Å². The first-order chi connectivity index (χ1) is 8.99. The maximum absolute atomic E-state index is 11.2. The Hall–Kier alpha value is -1.75.